The smallest absolute Gasteiger partial charge is 0.257 e. The van der Waals surface area contributed by atoms with Gasteiger partial charge in [0.2, 0.25) is 0 Å². The maximum Gasteiger partial charge on any atom is 0.257 e. The van der Waals surface area contributed by atoms with Crippen molar-refractivity contribution in [2.75, 3.05) is 11.9 Å². The minimum absolute atomic E-state index is 0.0276. The Balaban J connectivity index is 1.65. The Labute approximate surface area is 219 Å². The van der Waals surface area contributed by atoms with Crippen LogP contribution >= 0.6 is 11.3 Å². The van der Waals surface area contributed by atoms with Crippen LogP contribution in [-0.2, 0) is 12.8 Å². The summed E-state index contributed by atoms with van der Waals surface area (Å²) in [5.74, 6) is 1.38. The number of nitrogens with zero attached hydrogens (tertiary/aromatic N) is 1. The number of carbonyl (C=O) groups is 1. The van der Waals surface area contributed by atoms with Crippen molar-refractivity contribution in [3.8, 4) is 11.5 Å². The predicted octanol–water partition coefficient (Wildman–Crippen LogP) is 6.71. The normalized spacial score (nSPS) is 12.0. The van der Waals surface area contributed by atoms with Crippen LogP contribution in [0, 0.1) is 0 Å². The number of hydrogen-bond acceptors (Lipinski definition) is 6. The maximum absolute atomic E-state index is 13.0. The van der Waals surface area contributed by atoms with Gasteiger partial charge in [0.15, 0.2) is 8.32 Å². The largest absolute Gasteiger partial charge is 0.493 e. The minimum atomic E-state index is -2.25. The molecule has 0 fully saturated rings. The van der Waals surface area contributed by atoms with E-state index in [2.05, 4.69) is 35.6 Å². The molecule has 1 aromatic carbocycles. The summed E-state index contributed by atoms with van der Waals surface area (Å²) >= 11 is 1.66. The third-order valence-corrected chi connectivity index (χ3v) is 10.8. The first-order valence-electron chi connectivity index (χ1n) is 12.4. The molecule has 2 N–H and O–H groups in total. The number of hydrogen-bond donors (Lipinski definition) is 2. The second-order valence-electron chi connectivity index (χ2n) is 10.5. The van der Waals surface area contributed by atoms with E-state index in [1.165, 1.54) is 5.56 Å². The maximum atomic E-state index is 13.0. The summed E-state index contributed by atoms with van der Waals surface area (Å²) in [5, 5.41) is 6.94. The Kier molecular flexibility index (Phi) is 9.33. The zero-order valence-electron chi connectivity index (χ0n) is 22.1. The van der Waals surface area contributed by atoms with Gasteiger partial charge in [0.25, 0.3) is 5.91 Å². The van der Waals surface area contributed by atoms with Gasteiger partial charge in [-0.1, -0.05) is 19.9 Å². The van der Waals surface area contributed by atoms with Crippen molar-refractivity contribution in [3.63, 3.8) is 0 Å². The first-order chi connectivity index (χ1) is 16.9. The summed E-state index contributed by atoms with van der Waals surface area (Å²) in [6.45, 7) is 12.6. The predicted molar refractivity (Wildman–Crippen MR) is 150 cm³/mol. The molecule has 0 bridgehead atoms. The lowest BCUT2D eigenvalue weighted by Crippen LogP contribution is -2.39. The highest BCUT2D eigenvalue weighted by Crippen LogP contribution is 2.39. The molecule has 3 rings (SSSR count). The molecule has 0 radical (unpaired) electrons. The average molecular weight is 527 g/mol. The van der Waals surface area contributed by atoms with Gasteiger partial charge in [0, 0.05) is 24.2 Å². The number of benzene rings is 1. The van der Waals surface area contributed by atoms with Crippen LogP contribution in [0.2, 0.25) is 18.1 Å². The van der Waals surface area contributed by atoms with Gasteiger partial charge in [0.05, 0.1) is 12.7 Å². The van der Waals surface area contributed by atoms with Crippen molar-refractivity contribution in [2.24, 2.45) is 0 Å². The second kappa shape index (κ2) is 12.0. The van der Waals surface area contributed by atoms with Gasteiger partial charge in [-0.15, -0.1) is 0 Å². The number of nitrogens with one attached hydrogen (secondary N) is 1. The third kappa shape index (κ3) is 8.18. The molecule has 8 heteroatoms. The first-order valence-corrected chi connectivity index (χ1v) is 16.3. The van der Waals surface area contributed by atoms with Crippen molar-refractivity contribution in [1.82, 2.24) is 4.98 Å². The van der Waals surface area contributed by atoms with Crippen LogP contribution in [-0.4, -0.2) is 36.7 Å². The standard InChI is InChI=1S/C28H38N2O4SSi/c1-20(2)34-25-16-23(15-24(17-25)33-13-10-22-11-14-35-19-22)27(31)30-26-8-7-21(18-29-26)9-12-28(3,4)36(5,6)32/h7-8,11,14-20,32H,9-10,12-13H2,1-6H3,(H,29,30,31). The highest BCUT2D eigenvalue weighted by atomic mass is 32.1. The van der Waals surface area contributed by atoms with E-state index in [0.717, 1.165) is 24.8 Å². The van der Waals surface area contributed by atoms with Crippen LogP contribution in [0.3, 0.4) is 0 Å². The molecule has 0 unspecified atom stereocenters. The molecular weight excluding hydrogens is 488 g/mol. The molecular formula is C28H38N2O4SSi. The van der Waals surface area contributed by atoms with Crippen molar-refractivity contribution in [3.05, 3.63) is 70.0 Å². The van der Waals surface area contributed by atoms with E-state index < -0.39 is 8.32 Å². The molecule has 2 heterocycles. The van der Waals surface area contributed by atoms with Crippen LogP contribution in [0.1, 0.15) is 55.6 Å². The molecule has 3 aromatic rings. The van der Waals surface area contributed by atoms with Gasteiger partial charge in [-0.25, -0.2) is 4.98 Å². The second-order valence-corrected chi connectivity index (χ2v) is 15.8. The van der Waals surface area contributed by atoms with Crippen molar-refractivity contribution in [2.45, 2.75) is 71.2 Å². The number of amides is 1. The molecule has 36 heavy (non-hydrogen) atoms. The monoisotopic (exact) mass is 526 g/mol. The molecule has 0 atom stereocenters. The van der Waals surface area contributed by atoms with Crippen LogP contribution in [0.5, 0.6) is 11.5 Å². The van der Waals surface area contributed by atoms with E-state index in [1.807, 2.05) is 50.5 Å². The van der Waals surface area contributed by atoms with E-state index in [1.54, 1.807) is 29.7 Å². The molecule has 2 aromatic heterocycles. The number of thiophene rings is 1. The Morgan fingerprint density at radius 3 is 2.47 bits per heavy atom. The highest BCUT2D eigenvalue weighted by Gasteiger charge is 2.37. The van der Waals surface area contributed by atoms with Crippen molar-refractivity contribution in [1.29, 1.82) is 0 Å². The van der Waals surface area contributed by atoms with E-state index in [0.29, 0.717) is 29.5 Å². The fraction of sp³-hybridized carbons (Fsp3) is 0.429. The summed E-state index contributed by atoms with van der Waals surface area (Å²) in [6, 6.07) is 11.1. The molecule has 0 aliphatic heterocycles. The average Bonchev–Trinajstić information content (AvgIpc) is 3.31. The molecule has 0 aliphatic rings. The van der Waals surface area contributed by atoms with Gasteiger partial charge in [-0.3, -0.25) is 4.79 Å². The lowest BCUT2D eigenvalue weighted by atomic mass is 10.0. The quantitative estimate of drug-likeness (QED) is 0.256. The number of carbonyl (C=O) groups excluding carboxylic acids is 1. The summed E-state index contributed by atoms with van der Waals surface area (Å²) in [4.78, 5) is 28.0. The minimum Gasteiger partial charge on any atom is -0.493 e. The zero-order valence-corrected chi connectivity index (χ0v) is 23.9. The molecule has 194 valence electrons. The lowest BCUT2D eigenvalue weighted by molar-refractivity contribution is 0.102. The Morgan fingerprint density at radius 1 is 1.11 bits per heavy atom. The molecule has 0 saturated heterocycles. The van der Waals surface area contributed by atoms with E-state index in [9.17, 15) is 9.59 Å². The van der Waals surface area contributed by atoms with Crippen molar-refractivity contribution >= 4 is 31.4 Å². The third-order valence-electron chi connectivity index (χ3n) is 6.51. The first kappa shape index (κ1) is 27.9. The van der Waals surface area contributed by atoms with Gasteiger partial charge < -0.3 is 19.6 Å². The molecule has 1 amide bonds. The Morgan fingerprint density at radius 2 is 1.86 bits per heavy atom. The number of ether oxygens (including phenoxy) is 2. The summed E-state index contributed by atoms with van der Waals surface area (Å²) in [7, 11) is -2.25. The SMILES string of the molecule is CC(C)Oc1cc(OCCc2ccsc2)cc(C(=O)Nc2ccc(CCC(C)(C)[Si](C)(C)O)cn2)c1. The zero-order chi connectivity index (χ0) is 26.3. The molecule has 0 spiro atoms. The number of rotatable bonds is 12. The van der Waals surface area contributed by atoms with E-state index in [4.69, 9.17) is 9.47 Å². The van der Waals surface area contributed by atoms with Crippen LogP contribution < -0.4 is 14.8 Å². The Bertz CT molecular complexity index is 1120. The molecule has 6 nitrogen and oxygen atoms in total. The number of aromatic nitrogens is 1. The van der Waals surface area contributed by atoms with Crippen LogP contribution in [0.4, 0.5) is 5.82 Å². The van der Waals surface area contributed by atoms with Crippen molar-refractivity contribution < 1.29 is 19.1 Å². The number of anilines is 1. The van der Waals surface area contributed by atoms with Crippen LogP contribution in [0.25, 0.3) is 0 Å². The summed E-state index contributed by atoms with van der Waals surface area (Å²) in [6.07, 6.45) is 4.26. The van der Waals surface area contributed by atoms with Gasteiger partial charge in [-0.05, 0) is 91.0 Å². The van der Waals surface area contributed by atoms with Gasteiger partial charge in [-0.2, -0.15) is 11.3 Å². The van der Waals surface area contributed by atoms with Crippen LogP contribution in [0.15, 0.2) is 53.4 Å². The topological polar surface area (TPSA) is 80.7 Å². The highest BCUT2D eigenvalue weighted by molar-refractivity contribution is 7.07. The Hall–Kier alpha value is -2.68. The van der Waals surface area contributed by atoms with E-state index >= 15 is 0 Å². The lowest BCUT2D eigenvalue weighted by Gasteiger charge is -2.35. The fourth-order valence-corrected chi connectivity index (χ4v) is 4.89. The van der Waals surface area contributed by atoms with Gasteiger partial charge >= 0.3 is 0 Å². The summed E-state index contributed by atoms with van der Waals surface area (Å²) < 4.78 is 11.8. The fourth-order valence-electron chi connectivity index (χ4n) is 3.45. The number of aryl methyl sites for hydroxylation is 1. The number of pyridine rings is 1. The molecule has 0 saturated carbocycles. The van der Waals surface area contributed by atoms with Gasteiger partial charge in [0.1, 0.15) is 17.3 Å². The molecule has 0 aliphatic carbocycles. The van der Waals surface area contributed by atoms with E-state index in [-0.39, 0.29) is 17.0 Å². The summed E-state index contributed by atoms with van der Waals surface area (Å²) in [5.41, 5.74) is 2.75.